The maximum Gasteiger partial charge on any atom is 0.242 e. The summed E-state index contributed by atoms with van der Waals surface area (Å²) in [6, 6.07) is 17.2. The molecule has 274 valence electrons. The van der Waals surface area contributed by atoms with E-state index in [1.165, 1.54) is 15.9 Å². The number of halogens is 3. The number of aromatic hydroxyl groups is 1. The van der Waals surface area contributed by atoms with Gasteiger partial charge in [-0.15, -0.1) is 11.3 Å². The second kappa shape index (κ2) is 12.3. The number of carbonyl (C=O) groups excluding carboxylic acids is 4. The lowest BCUT2D eigenvalue weighted by molar-refractivity contribution is -0.131. The van der Waals surface area contributed by atoms with Crippen molar-refractivity contribution in [1.82, 2.24) is 9.78 Å². The number of phenolic OH excluding ortho intramolecular Hbond substituents is 1. The molecule has 0 unspecified atom stereocenters. The lowest BCUT2D eigenvalue weighted by Crippen LogP contribution is -2.49. The molecule has 4 amide bonds. The van der Waals surface area contributed by atoms with E-state index in [1.54, 1.807) is 66.4 Å². The van der Waals surface area contributed by atoms with Gasteiger partial charge in [0.2, 0.25) is 23.6 Å². The van der Waals surface area contributed by atoms with Gasteiger partial charge in [-0.2, -0.15) is 5.10 Å². The van der Waals surface area contributed by atoms with Gasteiger partial charge in [-0.1, -0.05) is 52.5 Å². The van der Waals surface area contributed by atoms with Crippen LogP contribution in [-0.4, -0.2) is 38.5 Å². The lowest BCUT2D eigenvalue weighted by atomic mass is 9.51. The number of carbonyl (C=O) groups is 4. The first-order chi connectivity index (χ1) is 25.7. The number of thiophene rings is 1. The van der Waals surface area contributed by atoms with Crippen LogP contribution in [0.25, 0.3) is 20.7 Å². The molecule has 2 saturated heterocycles. The van der Waals surface area contributed by atoms with Crippen LogP contribution < -0.4 is 9.80 Å². The molecule has 2 aliphatic heterocycles. The Bertz CT molecular complexity index is 2560. The monoisotopic (exact) mass is 798 g/mol. The zero-order chi connectivity index (χ0) is 38.1. The molecule has 1 saturated carbocycles. The Labute approximate surface area is 329 Å². The van der Waals surface area contributed by atoms with Crippen molar-refractivity contribution in [1.29, 1.82) is 0 Å². The highest BCUT2D eigenvalue weighted by Crippen LogP contribution is 2.64. The van der Waals surface area contributed by atoms with Gasteiger partial charge in [0.1, 0.15) is 17.3 Å². The number of phenols is 1. The van der Waals surface area contributed by atoms with Gasteiger partial charge < -0.3 is 5.11 Å². The Kier molecular flexibility index (Phi) is 8.00. The number of anilines is 2. The number of benzene rings is 3. The molecule has 3 fully saturated rings. The van der Waals surface area contributed by atoms with Crippen molar-refractivity contribution in [2.45, 2.75) is 39.5 Å². The van der Waals surface area contributed by atoms with Crippen molar-refractivity contribution in [2.24, 2.45) is 36.1 Å². The van der Waals surface area contributed by atoms with Crippen LogP contribution in [0, 0.1) is 42.9 Å². The Morgan fingerprint density at radius 1 is 0.870 bits per heavy atom. The van der Waals surface area contributed by atoms with E-state index in [-0.39, 0.29) is 30.4 Å². The van der Waals surface area contributed by atoms with Gasteiger partial charge in [0, 0.05) is 44.4 Å². The zero-order valence-electron chi connectivity index (χ0n) is 29.6. The van der Waals surface area contributed by atoms with E-state index in [9.17, 15) is 19.5 Å². The average Bonchev–Trinajstić information content (AvgIpc) is 3.81. The maximum absolute atomic E-state index is 15.1. The minimum Gasteiger partial charge on any atom is -0.508 e. The van der Waals surface area contributed by atoms with E-state index >= 15 is 4.79 Å². The number of hydrogen-bond acceptors (Lipinski definition) is 7. The summed E-state index contributed by atoms with van der Waals surface area (Å²) in [5.74, 6) is -5.08. The van der Waals surface area contributed by atoms with Crippen LogP contribution in [-0.2, 0) is 26.2 Å². The highest BCUT2D eigenvalue weighted by molar-refractivity contribution is 7.22. The number of nitrogens with zero attached hydrogens (tertiary/aromatic N) is 4. The fourth-order valence-corrected chi connectivity index (χ4v) is 11.2. The molecule has 2 aliphatic carbocycles. The first-order valence-electron chi connectivity index (χ1n) is 17.6. The van der Waals surface area contributed by atoms with Crippen molar-refractivity contribution in [3.63, 3.8) is 0 Å². The molecule has 4 aliphatic rings. The summed E-state index contributed by atoms with van der Waals surface area (Å²) in [5.41, 5.74) is 2.55. The van der Waals surface area contributed by atoms with Crippen molar-refractivity contribution in [3.8, 4) is 16.3 Å². The molecular formula is C41H33Cl3N4O5S. The SMILES string of the molecule is Cc1ccc(N2C(=O)[C@H]3[C@H](CC=C4[C@H]3C[C@H]3C(=O)N(c5cc(-c6sc7ccc(Cl)cc7c6C)nn5C)C(=O)[C@@]3(C)[C@H]4c3cc(Cl)ccc3O)C2=O)cc1Cl. The molecule has 9 rings (SSSR count). The Balaban J connectivity index is 1.16. The van der Waals surface area contributed by atoms with E-state index in [2.05, 4.69) is 0 Å². The van der Waals surface area contributed by atoms with E-state index in [0.29, 0.717) is 37.8 Å². The molecule has 2 aromatic heterocycles. The molecule has 3 aromatic carbocycles. The predicted molar refractivity (Wildman–Crippen MR) is 210 cm³/mol. The standard InChI is InChI=1S/C41H33Cl3N4O5S/c1-18-5-8-22(15-29(18)44)47-37(50)24-10-9-23-26(34(24)39(47)52)16-28-38(51)48(40(53)41(28,3)35(23)27-14-20(42)6-11-31(27)49)33-17-30(45-46(33)4)36-19(2)25-13-21(43)7-12-32(25)54-36/h5-9,11-15,17,24,26,28,34-35,49H,10,16H2,1-4H3/t24-,26+,28-,34-,35+,41+/m0/s1. The number of hydrogen-bond donors (Lipinski definition) is 1. The van der Waals surface area contributed by atoms with Gasteiger partial charge in [-0.25, -0.2) is 9.80 Å². The number of rotatable bonds is 4. The summed E-state index contributed by atoms with van der Waals surface area (Å²) in [6.45, 7) is 5.61. The van der Waals surface area contributed by atoms with Gasteiger partial charge in [-0.3, -0.25) is 23.9 Å². The van der Waals surface area contributed by atoms with E-state index in [1.807, 2.05) is 38.1 Å². The zero-order valence-corrected chi connectivity index (χ0v) is 32.6. The van der Waals surface area contributed by atoms with Crippen molar-refractivity contribution in [3.05, 3.63) is 104 Å². The number of fused-ring (bicyclic) bond motifs is 5. The maximum atomic E-state index is 15.1. The van der Waals surface area contributed by atoms with Gasteiger partial charge in [0.15, 0.2) is 0 Å². The molecule has 1 N–H and O–H groups in total. The normalized spacial score (nSPS) is 26.4. The number of aromatic nitrogens is 2. The summed E-state index contributed by atoms with van der Waals surface area (Å²) in [5, 5.41) is 18.6. The minimum atomic E-state index is -1.38. The van der Waals surface area contributed by atoms with Crippen LogP contribution in [0.3, 0.4) is 0 Å². The Hall–Kier alpha value is -4.48. The number of allylic oxidation sites excluding steroid dienone is 2. The largest absolute Gasteiger partial charge is 0.508 e. The average molecular weight is 800 g/mol. The Morgan fingerprint density at radius 2 is 1.61 bits per heavy atom. The van der Waals surface area contributed by atoms with Gasteiger partial charge >= 0.3 is 0 Å². The molecule has 5 aromatic rings. The van der Waals surface area contributed by atoms with Gasteiger partial charge in [0.25, 0.3) is 0 Å². The number of imide groups is 2. The highest BCUT2D eigenvalue weighted by atomic mass is 35.5. The van der Waals surface area contributed by atoms with Crippen molar-refractivity contribution >= 4 is 91.4 Å². The van der Waals surface area contributed by atoms with E-state index in [4.69, 9.17) is 39.9 Å². The molecule has 54 heavy (non-hydrogen) atoms. The quantitative estimate of drug-likeness (QED) is 0.144. The van der Waals surface area contributed by atoms with Crippen molar-refractivity contribution < 1.29 is 24.3 Å². The minimum absolute atomic E-state index is 0.0837. The molecule has 4 heterocycles. The summed E-state index contributed by atoms with van der Waals surface area (Å²) in [7, 11) is 1.70. The molecule has 9 nitrogen and oxygen atoms in total. The molecule has 0 spiro atoms. The van der Waals surface area contributed by atoms with Crippen LogP contribution in [0.1, 0.15) is 42.4 Å². The molecule has 0 radical (unpaired) electrons. The second-order valence-electron chi connectivity index (χ2n) is 15.0. The summed E-state index contributed by atoms with van der Waals surface area (Å²) in [6.07, 6.45) is 2.35. The molecular weight excluding hydrogens is 767 g/mol. The summed E-state index contributed by atoms with van der Waals surface area (Å²) >= 11 is 20.8. The summed E-state index contributed by atoms with van der Waals surface area (Å²) < 4.78 is 2.58. The van der Waals surface area contributed by atoms with Crippen LogP contribution in [0.5, 0.6) is 5.75 Å². The first-order valence-corrected chi connectivity index (χ1v) is 19.6. The van der Waals surface area contributed by atoms with Gasteiger partial charge in [-0.05, 0) is 105 Å². The fraction of sp³-hybridized carbons (Fsp3) is 0.293. The number of amides is 4. The third-order valence-corrected chi connectivity index (χ3v) is 14.4. The van der Waals surface area contributed by atoms with Crippen LogP contribution in [0.4, 0.5) is 11.5 Å². The smallest absolute Gasteiger partial charge is 0.242 e. The number of aryl methyl sites for hydroxylation is 3. The van der Waals surface area contributed by atoms with Crippen LogP contribution in [0.2, 0.25) is 15.1 Å². The molecule has 6 atom stereocenters. The second-order valence-corrected chi connectivity index (χ2v) is 17.4. The van der Waals surface area contributed by atoms with Crippen LogP contribution >= 0.6 is 46.1 Å². The third kappa shape index (κ3) is 4.86. The topological polar surface area (TPSA) is 113 Å². The first kappa shape index (κ1) is 35.2. The fourth-order valence-electron chi connectivity index (χ4n) is 9.52. The highest BCUT2D eigenvalue weighted by Gasteiger charge is 2.68. The van der Waals surface area contributed by atoms with Crippen LogP contribution in [0.15, 0.2) is 72.3 Å². The third-order valence-electron chi connectivity index (χ3n) is 12.2. The van der Waals surface area contributed by atoms with Gasteiger partial charge in [0.05, 0.1) is 33.7 Å². The van der Waals surface area contributed by atoms with E-state index < -0.39 is 46.8 Å². The molecule has 0 bridgehead atoms. The molecule has 13 heteroatoms. The predicted octanol–water partition coefficient (Wildman–Crippen LogP) is 9.02. The van der Waals surface area contributed by atoms with Crippen molar-refractivity contribution in [2.75, 3.05) is 9.80 Å². The van der Waals surface area contributed by atoms with E-state index in [0.717, 1.165) is 31.7 Å². The summed E-state index contributed by atoms with van der Waals surface area (Å²) in [4.78, 5) is 61.7. The lowest BCUT2D eigenvalue weighted by Gasteiger charge is -2.49. The Morgan fingerprint density at radius 3 is 2.37 bits per heavy atom.